The van der Waals surface area contributed by atoms with E-state index in [-0.39, 0.29) is 0 Å². The highest BCUT2D eigenvalue weighted by Crippen LogP contribution is 2.60. The predicted molar refractivity (Wildman–Crippen MR) is 264 cm³/mol. The lowest BCUT2D eigenvalue weighted by Crippen LogP contribution is -2.37. The molecular weight excluding hydrogens is 763 g/mol. The van der Waals surface area contributed by atoms with Gasteiger partial charge in [-0.25, -0.2) is 0 Å². The molecular formula is C61H41NO. The summed E-state index contributed by atoms with van der Waals surface area (Å²) in [5.41, 5.74) is 10.6. The van der Waals surface area contributed by atoms with E-state index in [9.17, 15) is 0 Å². The second kappa shape index (κ2) is 14.1. The minimum absolute atomic E-state index is 0.526. The summed E-state index contributed by atoms with van der Waals surface area (Å²) in [5, 5.41) is 12.2. The molecule has 13 rings (SSSR count). The van der Waals surface area contributed by atoms with E-state index < -0.39 is 5.41 Å². The molecule has 11 aromatic carbocycles. The van der Waals surface area contributed by atoms with Crippen LogP contribution in [0.3, 0.4) is 0 Å². The van der Waals surface area contributed by atoms with Gasteiger partial charge in [-0.15, -0.1) is 0 Å². The van der Waals surface area contributed by atoms with Crippen LogP contribution in [0.1, 0.15) is 22.3 Å². The molecule has 0 aliphatic carbocycles. The summed E-state index contributed by atoms with van der Waals surface area (Å²) in [7, 11) is 0. The van der Waals surface area contributed by atoms with Crippen LogP contribution in [-0.2, 0) is 18.3 Å². The fourth-order valence-corrected chi connectivity index (χ4v) is 11.2. The van der Waals surface area contributed by atoms with Crippen LogP contribution < -0.4 is 4.74 Å². The van der Waals surface area contributed by atoms with E-state index in [4.69, 9.17) is 4.74 Å². The van der Waals surface area contributed by atoms with E-state index in [2.05, 4.69) is 229 Å². The van der Waals surface area contributed by atoms with Crippen molar-refractivity contribution >= 4 is 64.9 Å². The SMILES string of the molecule is c1ccc(CC2(Cc3ccc(-c4cccc5c4c4ccccc4n5-c4ccccc4)cc3)c3c(c4ccccc4c4ccccc34)Oc3c2c2ccccc2c2ccccc32)cc1. The first-order valence-corrected chi connectivity index (χ1v) is 22.0. The van der Waals surface area contributed by atoms with Gasteiger partial charge >= 0.3 is 0 Å². The maximum Gasteiger partial charge on any atom is 0.140 e. The van der Waals surface area contributed by atoms with Crippen LogP contribution >= 0.6 is 0 Å². The quantitative estimate of drug-likeness (QED) is 0.153. The molecule has 0 bridgehead atoms. The van der Waals surface area contributed by atoms with Crippen LogP contribution in [0.2, 0.25) is 0 Å². The number of aromatic nitrogens is 1. The molecule has 2 heterocycles. The summed E-state index contributed by atoms with van der Waals surface area (Å²) < 4.78 is 9.94. The third-order valence-electron chi connectivity index (χ3n) is 13.8. The van der Waals surface area contributed by atoms with Crippen LogP contribution in [-0.4, -0.2) is 4.57 Å². The summed E-state index contributed by atoms with van der Waals surface area (Å²) in [6.07, 6.45) is 1.57. The Balaban J connectivity index is 1.08. The van der Waals surface area contributed by atoms with Crippen LogP contribution in [0, 0.1) is 0 Å². The first kappa shape index (κ1) is 35.8. The van der Waals surface area contributed by atoms with Gasteiger partial charge in [-0.2, -0.15) is 0 Å². The van der Waals surface area contributed by atoms with E-state index in [1.165, 1.54) is 87.5 Å². The van der Waals surface area contributed by atoms with Crippen molar-refractivity contribution < 1.29 is 4.74 Å². The van der Waals surface area contributed by atoms with Gasteiger partial charge in [0.25, 0.3) is 0 Å². The third kappa shape index (κ3) is 5.38. The zero-order valence-electron chi connectivity index (χ0n) is 34.6. The van der Waals surface area contributed by atoms with E-state index >= 15 is 0 Å². The van der Waals surface area contributed by atoms with E-state index in [0.29, 0.717) is 0 Å². The lowest BCUT2D eigenvalue weighted by atomic mass is 9.62. The highest BCUT2D eigenvalue weighted by molar-refractivity contribution is 6.18. The maximum absolute atomic E-state index is 7.54. The number of nitrogens with zero attached hydrogens (tertiary/aromatic N) is 1. The fourth-order valence-electron chi connectivity index (χ4n) is 11.2. The number of para-hydroxylation sites is 2. The van der Waals surface area contributed by atoms with Gasteiger partial charge in [-0.1, -0.05) is 200 Å². The van der Waals surface area contributed by atoms with Crippen LogP contribution in [0.5, 0.6) is 11.5 Å². The van der Waals surface area contributed by atoms with Gasteiger partial charge in [0.2, 0.25) is 0 Å². The molecule has 0 spiro atoms. The van der Waals surface area contributed by atoms with E-state index in [1.54, 1.807) is 0 Å². The lowest BCUT2D eigenvalue weighted by molar-refractivity contribution is 0.399. The van der Waals surface area contributed by atoms with Gasteiger partial charge in [0.05, 0.1) is 11.0 Å². The maximum atomic E-state index is 7.54. The molecule has 0 unspecified atom stereocenters. The van der Waals surface area contributed by atoms with Crippen molar-refractivity contribution in [3.8, 4) is 28.3 Å². The normalized spacial score (nSPS) is 13.1. The number of fused-ring (bicyclic) bond motifs is 15. The van der Waals surface area contributed by atoms with Crippen LogP contribution in [0.15, 0.2) is 224 Å². The first-order valence-electron chi connectivity index (χ1n) is 22.0. The average molecular weight is 804 g/mol. The van der Waals surface area contributed by atoms with Crippen molar-refractivity contribution in [2.75, 3.05) is 0 Å². The topological polar surface area (TPSA) is 14.2 Å². The van der Waals surface area contributed by atoms with E-state index in [0.717, 1.165) is 40.8 Å². The monoisotopic (exact) mass is 803 g/mol. The Kier molecular flexibility index (Phi) is 7.98. The molecule has 1 aromatic heterocycles. The van der Waals surface area contributed by atoms with Crippen molar-refractivity contribution in [2.24, 2.45) is 0 Å². The zero-order valence-corrected chi connectivity index (χ0v) is 34.6. The number of hydrogen-bond donors (Lipinski definition) is 0. The molecule has 0 atom stereocenters. The summed E-state index contributed by atoms with van der Waals surface area (Å²) in [5.74, 6) is 1.93. The Morgan fingerprint density at radius 3 is 1.33 bits per heavy atom. The van der Waals surface area contributed by atoms with Crippen molar-refractivity contribution in [1.29, 1.82) is 0 Å². The smallest absolute Gasteiger partial charge is 0.140 e. The predicted octanol–water partition coefficient (Wildman–Crippen LogP) is 15.9. The molecule has 0 amide bonds. The zero-order chi connectivity index (χ0) is 41.5. The average Bonchev–Trinajstić information content (AvgIpc) is 3.69. The molecule has 1 aliphatic rings. The summed E-state index contributed by atoms with van der Waals surface area (Å²) >= 11 is 0. The molecule has 2 nitrogen and oxygen atoms in total. The summed E-state index contributed by atoms with van der Waals surface area (Å²) in [6.45, 7) is 0. The summed E-state index contributed by atoms with van der Waals surface area (Å²) in [4.78, 5) is 0. The number of rotatable bonds is 6. The van der Waals surface area contributed by atoms with Gasteiger partial charge in [0.1, 0.15) is 11.5 Å². The summed E-state index contributed by atoms with van der Waals surface area (Å²) in [6, 6.07) is 82.5. The Hall–Kier alpha value is -7.94. The van der Waals surface area contributed by atoms with Crippen molar-refractivity contribution in [1.82, 2.24) is 4.57 Å². The molecule has 0 fully saturated rings. The standard InChI is InChI=1S/C61H41NO/c1-3-18-40(19-4-1)38-61(39-41-34-36-42(37-35-41)44-31-17-33-55-56(44)53-30-15-16-32-54(53)62(55)43-20-5-2-6-21-43)57-49-26-11-7-22-45(49)47-24-9-13-28-51(47)59(57)63-60-52-29-14-10-25-48(52)46-23-8-12-27-50(46)58(60)61/h1-37H,38-39H2. The Labute approximate surface area is 365 Å². The number of ether oxygens (including phenoxy) is 1. The molecule has 63 heavy (non-hydrogen) atoms. The molecule has 2 heteroatoms. The van der Waals surface area contributed by atoms with Crippen molar-refractivity contribution in [2.45, 2.75) is 18.3 Å². The highest BCUT2D eigenvalue weighted by Gasteiger charge is 2.46. The second-order valence-electron chi connectivity index (χ2n) is 17.2. The Morgan fingerprint density at radius 2 is 0.762 bits per heavy atom. The first-order chi connectivity index (χ1) is 31.2. The molecule has 0 N–H and O–H groups in total. The molecule has 12 aromatic rings. The van der Waals surface area contributed by atoms with E-state index in [1.807, 2.05) is 0 Å². The largest absolute Gasteiger partial charge is 0.455 e. The number of hydrogen-bond acceptors (Lipinski definition) is 1. The van der Waals surface area contributed by atoms with Gasteiger partial charge < -0.3 is 9.30 Å². The number of benzene rings is 11. The van der Waals surface area contributed by atoms with Gasteiger partial charge in [-0.05, 0) is 91.7 Å². The molecule has 0 saturated carbocycles. The highest BCUT2D eigenvalue weighted by atomic mass is 16.5. The molecule has 0 saturated heterocycles. The van der Waals surface area contributed by atoms with Crippen LogP contribution in [0.4, 0.5) is 0 Å². The Morgan fingerprint density at radius 1 is 0.333 bits per heavy atom. The second-order valence-corrected chi connectivity index (χ2v) is 17.2. The van der Waals surface area contributed by atoms with Gasteiger partial charge in [0, 0.05) is 43.8 Å². The Bertz CT molecular complexity index is 3630. The molecule has 296 valence electrons. The lowest BCUT2D eigenvalue weighted by Gasteiger charge is -2.43. The minimum atomic E-state index is -0.526. The van der Waals surface area contributed by atoms with Gasteiger partial charge in [-0.3, -0.25) is 0 Å². The fraction of sp³-hybridized carbons (Fsp3) is 0.0492. The molecule has 0 radical (unpaired) electrons. The third-order valence-corrected chi connectivity index (χ3v) is 13.8. The van der Waals surface area contributed by atoms with Gasteiger partial charge in [0.15, 0.2) is 0 Å². The van der Waals surface area contributed by atoms with Crippen molar-refractivity contribution in [3.05, 3.63) is 247 Å². The van der Waals surface area contributed by atoms with Crippen LogP contribution in [0.25, 0.3) is 81.7 Å². The molecule has 1 aliphatic heterocycles. The van der Waals surface area contributed by atoms with Crippen molar-refractivity contribution in [3.63, 3.8) is 0 Å². The minimum Gasteiger partial charge on any atom is -0.455 e.